The molecule has 0 aromatic heterocycles. The first kappa shape index (κ1) is 23.8. The van der Waals surface area contributed by atoms with Crippen LogP contribution in [0.15, 0.2) is 60.7 Å². The highest BCUT2D eigenvalue weighted by Gasteiger charge is 2.30. The average Bonchev–Trinajstić information content (AvgIpc) is 2.79. The second kappa shape index (κ2) is 10.6. The van der Waals surface area contributed by atoms with E-state index in [0.29, 0.717) is 17.7 Å². The highest BCUT2D eigenvalue weighted by atomic mass is 19.4. The average molecular weight is 444 g/mol. The third-order valence-corrected chi connectivity index (χ3v) is 5.24. The molecule has 1 fully saturated rings. The van der Waals surface area contributed by atoms with Crippen LogP contribution in [0.2, 0.25) is 0 Å². The Hall–Kier alpha value is -2.90. The molecule has 3 aromatic carbocycles. The van der Waals surface area contributed by atoms with Crippen LogP contribution < -0.4 is 5.32 Å². The Balaban J connectivity index is 0.000000352. The number of carbonyl (C=O) groups excluding carboxylic acids is 1. The molecule has 0 spiro atoms. The van der Waals surface area contributed by atoms with Gasteiger partial charge in [0.25, 0.3) is 5.91 Å². The normalized spacial score (nSPS) is 14.5. The van der Waals surface area contributed by atoms with E-state index in [2.05, 4.69) is 17.3 Å². The standard InChI is InChI=1S/C20H16F3NO.C5H11NO/c1-2-24-19(25)15-8-11-18-14(12-15)4-3-5-17(18)13-6-9-16(10-7-13)20(21,22)23;1-6-2-4-7-5-3-6/h3-12H,2H2,1H3,(H,24,25);2-5H2,1H3. The van der Waals surface area contributed by atoms with Crippen molar-refractivity contribution < 1.29 is 22.7 Å². The van der Waals surface area contributed by atoms with E-state index in [1.807, 2.05) is 31.2 Å². The topological polar surface area (TPSA) is 41.6 Å². The third-order valence-electron chi connectivity index (χ3n) is 5.24. The van der Waals surface area contributed by atoms with E-state index in [4.69, 9.17) is 4.74 Å². The Labute approximate surface area is 186 Å². The van der Waals surface area contributed by atoms with E-state index in [9.17, 15) is 18.0 Å². The Morgan fingerprint density at radius 3 is 2.28 bits per heavy atom. The van der Waals surface area contributed by atoms with Gasteiger partial charge in [-0.05, 0) is 60.1 Å². The lowest BCUT2D eigenvalue weighted by Crippen LogP contribution is -2.32. The van der Waals surface area contributed by atoms with Gasteiger partial charge in [0, 0.05) is 25.2 Å². The van der Waals surface area contributed by atoms with Gasteiger partial charge < -0.3 is 15.0 Å². The molecule has 32 heavy (non-hydrogen) atoms. The maximum Gasteiger partial charge on any atom is 0.416 e. The van der Waals surface area contributed by atoms with Crippen LogP contribution in [0.4, 0.5) is 13.2 Å². The molecule has 1 amide bonds. The maximum atomic E-state index is 12.7. The molecule has 1 aliphatic heterocycles. The van der Waals surface area contributed by atoms with Crippen molar-refractivity contribution >= 4 is 16.7 Å². The molecule has 0 bridgehead atoms. The number of benzene rings is 3. The Morgan fingerprint density at radius 1 is 1.03 bits per heavy atom. The largest absolute Gasteiger partial charge is 0.416 e. The second-order valence-electron chi connectivity index (χ2n) is 7.59. The highest BCUT2D eigenvalue weighted by Crippen LogP contribution is 2.33. The van der Waals surface area contributed by atoms with Crippen LogP contribution in [0.5, 0.6) is 0 Å². The lowest BCUT2D eigenvalue weighted by atomic mass is 9.96. The molecule has 3 aromatic rings. The van der Waals surface area contributed by atoms with Gasteiger partial charge in [-0.1, -0.05) is 36.4 Å². The van der Waals surface area contributed by atoms with Gasteiger partial charge in [-0.2, -0.15) is 13.2 Å². The summed E-state index contributed by atoms with van der Waals surface area (Å²) in [6.07, 6.45) is -4.35. The summed E-state index contributed by atoms with van der Waals surface area (Å²) in [4.78, 5) is 14.2. The number of halogens is 3. The summed E-state index contributed by atoms with van der Waals surface area (Å²) in [6, 6.07) is 16.0. The zero-order valence-corrected chi connectivity index (χ0v) is 18.2. The van der Waals surface area contributed by atoms with Crippen LogP contribution in [0.1, 0.15) is 22.8 Å². The molecule has 0 aliphatic carbocycles. The van der Waals surface area contributed by atoms with Gasteiger partial charge in [0.15, 0.2) is 0 Å². The Bertz CT molecular complexity index is 1040. The van der Waals surface area contributed by atoms with Crippen molar-refractivity contribution in [1.29, 1.82) is 0 Å². The van der Waals surface area contributed by atoms with E-state index in [-0.39, 0.29) is 5.91 Å². The molecular weight excluding hydrogens is 417 g/mol. The minimum absolute atomic E-state index is 0.149. The van der Waals surface area contributed by atoms with Crippen molar-refractivity contribution in [3.8, 4) is 11.1 Å². The van der Waals surface area contributed by atoms with Crippen LogP contribution in [0, 0.1) is 0 Å². The summed E-state index contributed by atoms with van der Waals surface area (Å²) in [7, 11) is 2.11. The fourth-order valence-corrected chi connectivity index (χ4v) is 3.43. The predicted molar refractivity (Wildman–Crippen MR) is 121 cm³/mol. The van der Waals surface area contributed by atoms with Crippen LogP contribution in [-0.4, -0.2) is 50.7 Å². The quantitative estimate of drug-likeness (QED) is 0.602. The molecule has 170 valence electrons. The molecule has 1 heterocycles. The third kappa shape index (κ3) is 6.08. The van der Waals surface area contributed by atoms with E-state index < -0.39 is 11.7 Å². The molecule has 4 rings (SSSR count). The number of fused-ring (bicyclic) bond motifs is 1. The zero-order chi connectivity index (χ0) is 23.1. The molecule has 7 heteroatoms. The van der Waals surface area contributed by atoms with Crippen molar-refractivity contribution in [1.82, 2.24) is 10.2 Å². The van der Waals surface area contributed by atoms with Crippen molar-refractivity contribution in [3.63, 3.8) is 0 Å². The minimum Gasteiger partial charge on any atom is -0.379 e. The van der Waals surface area contributed by atoms with Crippen molar-refractivity contribution in [2.24, 2.45) is 0 Å². The fourth-order valence-electron chi connectivity index (χ4n) is 3.43. The van der Waals surface area contributed by atoms with E-state index >= 15 is 0 Å². The van der Waals surface area contributed by atoms with Crippen molar-refractivity contribution in [2.75, 3.05) is 39.9 Å². The number of hydrogen-bond acceptors (Lipinski definition) is 3. The van der Waals surface area contributed by atoms with Crippen molar-refractivity contribution in [2.45, 2.75) is 13.1 Å². The van der Waals surface area contributed by atoms with Gasteiger partial charge in [-0.25, -0.2) is 0 Å². The molecule has 1 N–H and O–H groups in total. The number of amides is 1. The summed E-state index contributed by atoms with van der Waals surface area (Å²) in [5, 5.41) is 4.49. The smallest absolute Gasteiger partial charge is 0.379 e. The van der Waals surface area contributed by atoms with Crippen molar-refractivity contribution in [3.05, 3.63) is 71.8 Å². The highest BCUT2D eigenvalue weighted by molar-refractivity contribution is 6.02. The zero-order valence-electron chi connectivity index (χ0n) is 18.2. The second-order valence-corrected chi connectivity index (χ2v) is 7.59. The lowest BCUT2D eigenvalue weighted by Gasteiger charge is -2.21. The number of hydrogen-bond donors (Lipinski definition) is 1. The maximum absolute atomic E-state index is 12.7. The monoisotopic (exact) mass is 444 g/mol. The SMILES string of the molecule is CCNC(=O)c1ccc2c(-c3ccc(C(F)(F)F)cc3)cccc2c1.CN1CCOCC1. The molecular formula is C25H27F3N2O2. The van der Waals surface area contributed by atoms with E-state index in [0.717, 1.165) is 54.8 Å². The summed E-state index contributed by atoms with van der Waals surface area (Å²) in [5.74, 6) is -0.149. The van der Waals surface area contributed by atoms with Gasteiger partial charge in [0.1, 0.15) is 0 Å². The number of likely N-dealkylation sites (N-methyl/N-ethyl adjacent to an activating group) is 1. The lowest BCUT2D eigenvalue weighted by molar-refractivity contribution is -0.137. The molecule has 1 saturated heterocycles. The molecule has 1 aliphatic rings. The first-order chi connectivity index (χ1) is 15.3. The number of alkyl halides is 3. The van der Waals surface area contributed by atoms with E-state index in [1.165, 1.54) is 12.1 Å². The van der Waals surface area contributed by atoms with Crippen LogP contribution in [0.25, 0.3) is 21.9 Å². The van der Waals surface area contributed by atoms with Gasteiger partial charge in [0.05, 0.1) is 18.8 Å². The van der Waals surface area contributed by atoms with Crippen LogP contribution in [-0.2, 0) is 10.9 Å². The van der Waals surface area contributed by atoms with Crippen LogP contribution in [0.3, 0.4) is 0 Å². The summed E-state index contributed by atoms with van der Waals surface area (Å²) in [5.41, 5.74) is 1.41. The number of morpholine rings is 1. The molecule has 0 atom stereocenters. The number of nitrogens with one attached hydrogen (secondary N) is 1. The molecule has 0 unspecified atom stereocenters. The van der Waals surface area contributed by atoms with Gasteiger partial charge in [0.2, 0.25) is 0 Å². The fraction of sp³-hybridized carbons (Fsp3) is 0.320. The van der Waals surface area contributed by atoms with Gasteiger partial charge in [-0.3, -0.25) is 4.79 Å². The summed E-state index contributed by atoms with van der Waals surface area (Å²) in [6.45, 7) is 6.41. The number of ether oxygens (including phenoxy) is 1. The predicted octanol–water partition coefficient (Wildman–Crippen LogP) is 5.22. The first-order valence-electron chi connectivity index (χ1n) is 10.5. The Kier molecular flexibility index (Phi) is 7.88. The van der Waals surface area contributed by atoms with Crippen LogP contribution >= 0.6 is 0 Å². The van der Waals surface area contributed by atoms with E-state index in [1.54, 1.807) is 12.1 Å². The first-order valence-corrected chi connectivity index (χ1v) is 10.5. The number of rotatable bonds is 3. The van der Waals surface area contributed by atoms with Gasteiger partial charge >= 0.3 is 6.18 Å². The summed E-state index contributed by atoms with van der Waals surface area (Å²) >= 11 is 0. The Morgan fingerprint density at radius 2 is 1.72 bits per heavy atom. The molecule has 0 radical (unpaired) electrons. The molecule has 0 saturated carbocycles. The summed E-state index contributed by atoms with van der Waals surface area (Å²) < 4.78 is 43.3. The minimum atomic E-state index is -4.35. The number of nitrogens with zero attached hydrogens (tertiary/aromatic N) is 1. The van der Waals surface area contributed by atoms with Gasteiger partial charge in [-0.15, -0.1) is 0 Å². The molecule has 4 nitrogen and oxygen atoms in total. The number of carbonyl (C=O) groups is 1.